The Hall–Kier alpha value is -1.11. The molecule has 4 nitrogen and oxygen atoms in total. The molecule has 0 aliphatic rings. The summed E-state index contributed by atoms with van der Waals surface area (Å²) in [5.74, 6) is 0. The summed E-state index contributed by atoms with van der Waals surface area (Å²) in [5, 5.41) is 0. The van der Waals surface area contributed by atoms with Crippen LogP contribution in [-0.4, -0.2) is 9.97 Å². The maximum atomic E-state index is 10.9. The molecular formula is C8H5IN2O2. The molecule has 0 aliphatic heterocycles. The Morgan fingerprint density at radius 1 is 1.00 bits per heavy atom. The highest BCUT2D eigenvalue weighted by Gasteiger charge is 1.98. The van der Waals surface area contributed by atoms with E-state index in [1.54, 1.807) is 12.1 Å². The van der Waals surface area contributed by atoms with E-state index in [1.165, 1.54) is 0 Å². The first kappa shape index (κ1) is 8.49. The topological polar surface area (TPSA) is 65.7 Å². The summed E-state index contributed by atoms with van der Waals surface area (Å²) in [6, 6.07) is 5.42. The molecule has 1 aromatic heterocycles. The highest BCUT2D eigenvalue weighted by atomic mass is 127. The van der Waals surface area contributed by atoms with Gasteiger partial charge in [0.1, 0.15) is 0 Å². The molecule has 66 valence electrons. The van der Waals surface area contributed by atoms with E-state index in [0.29, 0.717) is 11.0 Å². The number of aromatic amines is 2. The van der Waals surface area contributed by atoms with Crippen molar-refractivity contribution >= 4 is 33.6 Å². The van der Waals surface area contributed by atoms with Crippen molar-refractivity contribution in [2.45, 2.75) is 0 Å². The van der Waals surface area contributed by atoms with Crippen molar-refractivity contribution < 1.29 is 0 Å². The lowest BCUT2D eigenvalue weighted by Gasteiger charge is -1.96. The van der Waals surface area contributed by atoms with Crippen LogP contribution in [0.5, 0.6) is 0 Å². The van der Waals surface area contributed by atoms with Crippen LogP contribution in [0.1, 0.15) is 0 Å². The largest absolute Gasteiger partial charge is 0.316 e. The van der Waals surface area contributed by atoms with Gasteiger partial charge in [0, 0.05) is 3.57 Å². The molecule has 0 bridgehead atoms. The molecule has 0 saturated heterocycles. The number of fused-ring (bicyclic) bond motifs is 1. The molecule has 0 saturated carbocycles. The molecule has 13 heavy (non-hydrogen) atoms. The monoisotopic (exact) mass is 288 g/mol. The smallest absolute Gasteiger partial charge is 0.314 e. The van der Waals surface area contributed by atoms with E-state index in [-0.39, 0.29) is 0 Å². The number of aromatic nitrogens is 2. The fraction of sp³-hybridized carbons (Fsp3) is 0. The van der Waals surface area contributed by atoms with Gasteiger partial charge in [0.05, 0.1) is 11.0 Å². The summed E-state index contributed by atoms with van der Waals surface area (Å²) in [5.41, 5.74) is 0.0599. The molecule has 0 radical (unpaired) electrons. The third kappa shape index (κ3) is 1.51. The Morgan fingerprint density at radius 3 is 2.31 bits per heavy atom. The molecule has 0 aliphatic carbocycles. The number of hydrogen-bond acceptors (Lipinski definition) is 2. The van der Waals surface area contributed by atoms with Crippen molar-refractivity contribution in [2.75, 3.05) is 0 Å². The van der Waals surface area contributed by atoms with Gasteiger partial charge in [0.15, 0.2) is 0 Å². The van der Waals surface area contributed by atoms with Gasteiger partial charge in [-0.15, -0.1) is 0 Å². The summed E-state index contributed by atoms with van der Waals surface area (Å²) in [7, 11) is 0. The summed E-state index contributed by atoms with van der Waals surface area (Å²) in [6.07, 6.45) is 0. The first-order chi connectivity index (χ1) is 6.16. The van der Waals surface area contributed by atoms with Crippen molar-refractivity contribution in [3.8, 4) is 0 Å². The van der Waals surface area contributed by atoms with Crippen LogP contribution in [0.4, 0.5) is 0 Å². The number of benzene rings is 1. The van der Waals surface area contributed by atoms with Crippen molar-refractivity contribution in [1.29, 1.82) is 0 Å². The van der Waals surface area contributed by atoms with E-state index in [2.05, 4.69) is 32.6 Å². The van der Waals surface area contributed by atoms with Gasteiger partial charge in [-0.25, -0.2) is 0 Å². The van der Waals surface area contributed by atoms with Crippen molar-refractivity contribution in [3.63, 3.8) is 0 Å². The molecule has 2 aromatic rings. The van der Waals surface area contributed by atoms with Gasteiger partial charge >= 0.3 is 11.1 Å². The van der Waals surface area contributed by atoms with Crippen LogP contribution in [0.3, 0.4) is 0 Å². The van der Waals surface area contributed by atoms with Gasteiger partial charge in [0.2, 0.25) is 0 Å². The maximum absolute atomic E-state index is 10.9. The second-order valence-corrected chi connectivity index (χ2v) is 3.84. The average Bonchev–Trinajstić information content (AvgIpc) is 2.08. The summed E-state index contributed by atoms with van der Waals surface area (Å²) >= 11 is 2.13. The zero-order chi connectivity index (χ0) is 9.42. The van der Waals surface area contributed by atoms with Crippen LogP contribution >= 0.6 is 22.6 Å². The van der Waals surface area contributed by atoms with Crippen LogP contribution in [-0.2, 0) is 0 Å². The van der Waals surface area contributed by atoms with Gasteiger partial charge in [-0.2, -0.15) is 0 Å². The predicted molar refractivity (Wildman–Crippen MR) is 57.9 cm³/mol. The third-order valence-electron chi connectivity index (χ3n) is 1.68. The van der Waals surface area contributed by atoms with E-state index in [1.807, 2.05) is 6.07 Å². The number of rotatable bonds is 0. The molecule has 2 rings (SSSR count). The second-order valence-electron chi connectivity index (χ2n) is 2.60. The van der Waals surface area contributed by atoms with Gasteiger partial charge < -0.3 is 9.97 Å². The molecule has 1 heterocycles. The third-order valence-corrected chi connectivity index (χ3v) is 2.36. The van der Waals surface area contributed by atoms with Gasteiger partial charge in [0.25, 0.3) is 0 Å². The Morgan fingerprint density at radius 2 is 1.62 bits per heavy atom. The lowest BCUT2D eigenvalue weighted by atomic mass is 10.3. The first-order valence-electron chi connectivity index (χ1n) is 3.59. The second kappa shape index (κ2) is 2.99. The number of halogens is 1. The van der Waals surface area contributed by atoms with Gasteiger partial charge in [-0.05, 0) is 40.8 Å². The highest BCUT2D eigenvalue weighted by Crippen LogP contribution is 2.10. The standard InChI is InChI=1S/C8H5IN2O2/c9-4-1-2-5-6(3-4)11-8(13)7(12)10-5/h1-3H,(H,10,12)(H,11,13). The fourth-order valence-electron chi connectivity index (χ4n) is 1.09. The number of H-pyrrole nitrogens is 2. The normalized spacial score (nSPS) is 10.5. The van der Waals surface area contributed by atoms with Gasteiger partial charge in [-0.1, -0.05) is 0 Å². The predicted octanol–water partition coefficient (Wildman–Crippen LogP) is 0.821. The summed E-state index contributed by atoms with van der Waals surface area (Å²) < 4.78 is 1.01. The number of nitrogens with one attached hydrogen (secondary N) is 2. The van der Waals surface area contributed by atoms with E-state index in [9.17, 15) is 9.59 Å². The summed E-state index contributed by atoms with van der Waals surface area (Å²) in [4.78, 5) is 26.8. The molecule has 0 unspecified atom stereocenters. The summed E-state index contributed by atoms with van der Waals surface area (Å²) in [6.45, 7) is 0. The fourth-order valence-corrected chi connectivity index (χ4v) is 1.58. The SMILES string of the molecule is O=c1[nH]c2ccc(I)cc2[nH]c1=O. The number of hydrogen-bond donors (Lipinski definition) is 2. The Kier molecular flexibility index (Phi) is 1.95. The quantitative estimate of drug-likeness (QED) is 0.557. The Bertz CT molecular complexity index is 570. The highest BCUT2D eigenvalue weighted by molar-refractivity contribution is 14.1. The first-order valence-corrected chi connectivity index (χ1v) is 4.66. The van der Waals surface area contributed by atoms with Crippen molar-refractivity contribution in [2.24, 2.45) is 0 Å². The Balaban J connectivity index is 2.97. The maximum Gasteiger partial charge on any atom is 0.314 e. The molecule has 0 spiro atoms. The zero-order valence-corrected chi connectivity index (χ0v) is 8.58. The minimum Gasteiger partial charge on any atom is -0.316 e. The lowest BCUT2D eigenvalue weighted by Crippen LogP contribution is -2.28. The van der Waals surface area contributed by atoms with Crippen LogP contribution in [0.2, 0.25) is 0 Å². The van der Waals surface area contributed by atoms with E-state index in [4.69, 9.17) is 0 Å². The minimum absolute atomic E-state index is 0.616. The molecule has 0 amide bonds. The van der Waals surface area contributed by atoms with E-state index >= 15 is 0 Å². The molecule has 0 atom stereocenters. The van der Waals surface area contributed by atoms with E-state index in [0.717, 1.165) is 3.57 Å². The van der Waals surface area contributed by atoms with Crippen LogP contribution in [0.15, 0.2) is 27.8 Å². The van der Waals surface area contributed by atoms with E-state index < -0.39 is 11.1 Å². The minimum atomic E-state index is -0.617. The zero-order valence-electron chi connectivity index (χ0n) is 6.43. The van der Waals surface area contributed by atoms with Crippen LogP contribution in [0, 0.1) is 3.57 Å². The average molecular weight is 288 g/mol. The van der Waals surface area contributed by atoms with Crippen LogP contribution in [0.25, 0.3) is 11.0 Å². The molecule has 1 aromatic carbocycles. The molecular weight excluding hydrogens is 283 g/mol. The van der Waals surface area contributed by atoms with Crippen molar-refractivity contribution in [1.82, 2.24) is 9.97 Å². The molecule has 2 N–H and O–H groups in total. The lowest BCUT2D eigenvalue weighted by molar-refractivity contribution is 1.15. The molecule has 0 fully saturated rings. The Labute approximate surface area is 86.1 Å². The molecule has 5 heteroatoms. The van der Waals surface area contributed by atoms with Crippen molar-refractivity contribution in [3.05, 3.63) is 42.5 Å². The van der Waals surface area contributed by atoms with Gasteiger partial charge in [-0.3, -0.25) is 9.59 Å². The van der Waals surface area contributed by atoms with Crippen LogP contribution < -0.4 is 11.1 Å².